The van der Waals surface area contributed by atoms with Crippen molar-refractivity contribution in [3.63, 3.8) is 0 Å². The van der Waals surface area contributed by atoms with E-state index >= 15 is 0 Å². The second-order valence-electron chi connectivity index (χ2n) is 11.2. The summed E-state index contributed by atoms with van der Waals surface area (Å²) in [6.45, 7) is 14.8. The van der Waals surface area contributed by atoms with E-state index in [1.165, 1.54) is 0 Å². The summed E-state index contributed by atoms with van der Waals surface area (Å²) >= 11 is 5.50. The Labute approximate surface area is 311 Å². The van der Waals surface area contributed by atoms with Crippen LogP contribution in [0.3, 0.4) is 0 Å². The second-order valence-corrected chi connectivity index (χ2v) is 11.6. The minimum absolute atomic E-state index is 0. The molecule has 0 radical (unpaired) electrons. The Bertz CT molecular complexity index is 1220. The Morgan fingerprint density at radius 1 is 0.957 bits per heavy atom. The number of carbonyl (C=O) groups is 1. The Hall–Kier alpha value is -2.21. The largest absolute Gasteiger partial charge is 1.00 e. The van der Waals surface area contributed by atoms with Gasteiger partial charge in [-0.1, -0.05) is 37.2 Å². The molecule has 0 unspecified atom stereocenters. The molecule has 2 aliphatic rings. The van der Waals surface area contributed by atoms with Gasteiger partial charge in [0.15, 0.2) is 0 Å². The number of aryl methyl sites for hydroxylation is 3. The summed E-state index contributed by atoms with van der Waals surface area (Å²) in [6.07, 6.45) is 7.23. The van der Waals surface area contributed by atoms with Crippen molar-refractivity contribution in [2.75, 3.05) is 33.3 Å². The number of rotatable bonds is 4. The minimum Gasteiger partial charge on any atom is -1.00 e. The number of carbonyl (C=O) groups excluding carboxylic acids is 1. The van der Waals surface area contributed by atoms with Gasteiger partial charge in [-0.2, -0.15) is 0 Å². The molecule has 0 bridgehead atoms. The zero-order valence-electron chi connectivity index (χ0n) is 29.4. The summed E-state index contributed by atoms with van der Waals surface area (Å²) in [5.41, 5.74) is 2.93. The van der Waals surface area contributed by atoms with Crippen molar-refractivity contribution in [3.05, 3.63) is 76.8 Å². The normalized spacial score (nSPS) is 16.4. The molecule has 5 rings (SSSR count). The predicted molar refractivity (Wildman–Crippen MR) is 183 cm³/mol. The Kier molecular flexibility index (Phi) is 22.9. The summed E-state index contributed by atoms with van der Waals surface area (Å²) in [5.74, 6) is 1.34. The number of ether oxygens (including phenoxy) is 3. The molecular formula is C33H51Cl2FN5NaO4. The molecule has 254 valence electrons. The average molecular weight is 696 g/mol. The maximum absolute atomic E-state index is 11.9. The van der Waals surface area contributed by atoms with E-state index < -0.39 is 12.8 Å². The van der Waals surface area contributed by atoms with Crippen LogP contribution in [0.25, 0.3) is 0 Å². The third kappa shape index (κ3) is 18.8. The molecular weight excluding hydrogens is 643 g/mol. The van der Waals surface area contributed by atoms with Crippen molar-refractivity contribution in [2.24, 2.45) is 0 Å². The van der Waals surface area contributed by atoms with Crippen molar-refractivity contribution in [1.82, 2.24) is 25.2 Å². The number of aromatic nitrogens is 3. The van der Waals surface area contributed by atoms with E-state index in [1.54, 1.807) is 23.4 Å². The molecule has 0 aromatic carbocycles. The molecule has 1 amide bonds. The monoisotopic (exact) mass is 694 g/mol. The van der Waals surface area contributed by atoms with Crippen LogP contribution in [0, 0.1) is 20.8 Å². The number of halogens is 3. The van der Waals surface area contributed by atoms with Crippen LogP contribution in [-0.2, 0) is 4.74 Å². The zero-order chi connectivity index (χ0) is 32.5. The molecule has 2 saturated heterocycles. The number of pyridine rings is 3. The van der Waals surface area contributed by atoms with Gasteiger partial charge in [0, 0.05) is 50.2 Å². The van der Waals surface area contributed by atoms with Gasteiger partial charge in [0.05, 0.1) is 15.1 Å². The number of hydrogen-bond acceptors (Lipinski definition) is 8. The smallest absolute Gasteiger partial charge is 1.00 e. The SMILES string of the molecule is C.Cc1ccc(Cl)nc1.Cc1ccc(O[C@H]2CCN(C(=O)OC(C)(C)C)C2)nc1.Cc1ccc(O[C@H]2CCNC2)nc1.Cl.[2H]CF.[H-].[Na+]. The molecule has 9 nitrogen and oxygen atoms in total. The van der Waals surface area contributed by atoms with Crippen LogP contribution >= 0.6 is 24.0 Å². The number of nitrogens with zero attached hydrogens (tertiary/aromatic N) is 4. The van der Waals surface area contributed by atoms with Crippen LogP contribution in [0.5, 0.6) is 11.8 Å². The fourth-order valence-electron chi connectivity index (χ4n) is 3.88. The number of hydrogen-bond donors (Lipinski definition) is 1. The van der Waals surface area contributed by atoms with Gasteiger partial charge < -0.3 is 25.9 Å². The molecule has 5 heterocycles. The standard InChI is InChI=1S/C15H22N2O3.C10H14N2O.C6H6ClN.CH3F.CH4.ClH.Na.H/c1-11-5-6-13(16-9-11)19-12-7-8-17(10-12)14(18)20-15(2,3)4;1-8-2-3-10(12-6-8)13-9-4-5-11-7-9;1-5-2-3-6(7)8-4-5;1-2;;;;/h5-6,9,12H,7-8,10H2,1-4H3;2-3,6,9,11H,4-5,7H2,1H3;2-4H,1H3;1H3;1H4;1H;;/q;;;;;;+1;-1/t12-;9-;;;;;;/m00....../s1/i;;;1D;;;;. The van der Waals surface area contributed by atoms with E-state index in [0.717, 1.165) is 48.5 Å². The van der Waals surface area contributed by atoms with Crippen molar-refractivity contribution in [2.45, 2.75) is 79.6 Å². The molecule has 2 atom stereocenters. The summed E-state index contributed by atoms with van der Waals surface area (Å²) in [7, 11) is -1.00. The third-order valence-electron chi connectivity index (χ3n) is 6.03. The molecule has 1 N–H and O–H groups in total. The molecule has 3 aromatic heterocycles. The Morgan fingerprint density at radius 2 is 1.46 bits per heavy atom. The van der Waals surface area contributed by atoms with Crippen LogP contribution in [0.15, 0.2) is 55.0 Å². The summed E-state index contributed by atoms with van der Waals surface area (Å²) in [4.78, 5) is 25.9. The number of alkyl halides is 1. The summed E-state index contributed by atoms with van der Waals surface area (Å²) in [5, 5.41) is 3.80. The van der Waals surface area contributed by atoms with Crippen LogP contribution in [0.4, 0.5) is 9.18 Å². The second kappa shape index (κ2) is 24.0. The third-order valence-corrected chi connectivity index (χ3v) is 6.25. The van der Waals surface area contributed by atoms with E-state index in [0.29, 0.717) is 30.2 Å². The fourth-order valence-corrected chi connectivity index (χ4v) is 4.00. The van der Waals surface area contributed by atoms with E-state index in [9.17, 15) is 9.18 Å². The van der Waals surface area contributed by atoms with E-state index in [2.05, 4.69) is 20.3 Å². The summed E-state index contributed by atoms with van der Waals surface area (Å²) < 4.78 is 32.3. The van der Waals surface area contributed by atoms with Crippen molar-refractivity contribution in [1.29, 1.82) is 0 Å². The Morgan fingerprint density at radius 3 is 1.85 bits per heavy atom. The van der Waals surface area contributed by atoms with Crippen LogP contribution < -0.4 is 44.3 Å². The van der Waals surface area contributed by atoms with Gasteiger partial charge in [0.2, 0.25) is 11.8 Å². The van der Waals surface area contributed by atoms with Gasteiger partial charge >= 0.3 is 35.7 Å². The predicted octanol–water partition coefficient (Wildman–Crippen LogP) is 4.71. The molecule has 2 aliphatic heterocycles. The molecule has 2 fully saturated rings. The molecule has 46 heavy (non-hydrogen) atoms. The van der Waals surface area contributed by atoms with Crippen LogP contribution in [-0.4, -0.2) is 77.1 Å². The van der Waals surface area contributed by atoms with Gasteiger partial charge in [-0.15, -0.1) is 12.4 Å². The molecule has 13 heteroatoms. The van der Waals surface area contributed by atoms with E-state index in [4.69, 9.17) is 27.2 Å². The maximum atomic E-state index is 11.9. The van der Waals surface area contributed by atoms with Gasteiger partial charge in [-0.3, -0.25) is 4.39 Å². The number of amides is 1. The number of likely N-dealkylation sites (tertiary alicyclic amines) is 1. The first-order valence-corrected chi connectivity index (χ1v) is 14.6. The van der Waals surface area contributed by atoms with Gasteiger partial charge in [-0.05, 0) is 77.3 Å². The Balaban J connectivity index is -0.000000627. The first kappa shape index (κ1) is 43.8. The summed E-state index contributed by atoms with van der Waals surface area (Å²) in [6, 6.07) is 11.5. The van der Waals surface area contributed by atoms with Gasteiger partial charge in [0.1, 0.15) is 23.0 Å². The van der Waals surface area contributed by atoms with Gasteiger partial charge in [-0.25, -0.2) is 19.7 Å². The first-order valence-electron chi connectivity index (χ1n) is 14.9. The van der Waals surface area contributed by atoms with Crippen molar-refractivity contribution in [3.8, 4) is 11.8 Å². The zero-order valence-corrected chi connectivity index (χ0v) is 31.0. The fraction of sp³-hybridized carbons (Fsp3) is 0.515. The van der Waals surface area contributed by atoms with Crippen molar-refractivity contribution < 1.29 is 55.8 Å². The average Bonchev–Trinajstić information content (AvgIpc) is 3.66. The minimum atomic E-state index is -1.00. The molecule has 0 spiro atoms. The van der Waals surface area contributed by atoms with Crippen LogP contribution in [0.2, 0.25) is 5.15 Å². The topological polar surface area (TPSA) is 98.7 Å². The van der Waals surface area contributed by atoms with E-state index in [-0.39, 0.29) is 63.0 Å². The molecule has 3 aromatic rings. The van der Waals surface area contributed by atoms with Crippen molar-refractivity contribution >= 4 is 30.1 Å². The first-order chi connectivity index (χ1) is 20.9. The molecule has 0 aliphatic carbocycles. The maximum Gasteiger partial charge on any atom is 1.00 e. The quantitative estimate of drug-likeness (QED) is 0.310. The van der Waals surface area contributed by atoms with E-state index in [1.807, 2.05) is 78.1 Å². The number of nitrogens with one attached hydrogen (secondary N) is 1. The molecule has 0 saturated carbocycles. The van der Waals surface area contributed by atoms with Crippen LogP contribution in [0.1, 0.15) is 60.5 Å². The van der Waals surface area contributed by atoms with Gasteiger partial charge in [0.25, 0.3) is 0 Å².